The number of ether oxygens (including phenoxy) is 2. The van der Waals surface area contributed by atoms with E-state index in [2.05, 4.69) is 4.74 Å². The molecular weight excluding hydrogens is 312 g/mol. The van der Waals surface area contributed by atoms with Crippen molar-refractivity contribution in [2.24, 2.45) is 0 Å². The average molecular weight is 342 g/mol. The van der Waals surface area contributed by atoms with E-state index >= 15 is 0 Å². The lowest BCUT2D eigenvalue weighted by molar-refractivity contribution is -0.140. The first-order valence-corrected chi connectivity index (χ1v) is 6.68. The molecule has 0 aliphatic carbocycles. The molecule has 0 aliphatic rings. The first kappa shape index (κ1) is 32.7. The Labute approximate surface area is 137 Å². The SMILES string of the molecule is CC(=O)O.CC(=O)O.CC(=O)O.CCOC(C)=O.CCOCC. The highest BCUT2D eigenvalue weighted by Crippen LogP contribution is 1.69. The van der Waals surface area contributed by atoms with Crippen molar-refractivity contribution in [2.45, 2.75) is 48.5 Å². The van der Waals surface area contributed by atoms with E-state index in [-0.39, 0.29) is 5.97 Å². The molecule has 0 saturated carbocycles. The van der Waals surface area contributed by atoms with E-state index < -0.39 is 17.9 Å². The zero-order valence-electron chi connectivity index (χ0n) is 14.9. The highest BCUT2D eigenvalue weighted by molar-refractivity contribution is 5.65. The van der Waals surface area contributed by atoms with Gasteiger partial charge in [-0.05, 0) is 20.8 Å². The molecule has 0 unspecified atom stereocenters. The van der Waals surface area contributed by atoms with Crippen molar-refractivity contribution in [3.63, 3.8) is 0 Å². The van der Waals surface area contributed by atoms with Crippen LogP contribution >= 0.6 is 0 Å². The van der Waals surface area contributed by atoms with Gasteiger partial charge in [-0.1, -0.05) is 0 Å². The number of carboxylic acids is 3. The number of esters is 1. The van der Waals surface area contributed by atoms with Crippen molar-refractivity contribution in [2.75, 3.05) is 19.8 Å². The summed E-state index contributed by atoms with van der Waals surface area (Å²) in [5, 5.41) is 22.2. The quantitative estimate of drug-likeness (QED) is 0.654. The van der Waals surface area contributed by atoms with E-state index in [1.54, 1.807) is 6.92 Å². The van der Waals surface area contributed by atoms with Crippen LogP contribution in [0, 0.1) is 0 Å². The van der Waals surface area contributed by atoms with E-state index in [9.17, 15) is 4.79 Å². The third-order valence-electron chi connectivity index (χ3n) is 0.756. The Morgan fingerprint density at radius 3 is 0.870 bits per heavy atom. The van der Waals surface area contributed by atoms with Crippen molar-refractivity contribution in [3.05, 3.63) is 0 Å². The monoisotopic (exact) mass is 342 g/mol. The molecule has 3 N–H and O–H groups in total. The fourth-order valence-corrected chi connectivity index (χ4v) is 0.407. The Hall–Kier alpha value is -2.16. The molecule has 0 atom stereocenters. The molecule has 0 aromatic rings. The number of carbonyl (C=O) groups excluding carboxylic acids is 1. The van der Waals surface area contributed by atoms with Gasteiger partial charge in [0.15, 0.2) is 0 Å². The minimum atomic E-state index is -0.833. The third-order valence-corrected chi connectivity index (χ3v) is 0.756. The fourth-order valence-electron chi connectivity index (χ4n) is 0.407. The Balaban J connectivity index is -0.0000000594. The summed E-state index contributed by atoms with van der Waals surface area (Å²) >= 11 is 0. The van der Waals surface area contributed by atoms with Gasteiger partial charge >= 0.3 is 5.97 Å². The lowest BCUT2D eigenvalue weighted by Gasteiger charge is -1.89. The van der Waals surface area contributed by atoms with Gasteiger partial charge in [-0.15, -0.1) is 0 Å². The van der Waals surface area contributed by atoms with E-state index in [0.29, 0.717) is 6.61 Å². The Bertz CT molecular complexity index is 245. The maximum Gasteiger partial charge on any atom is 0.302 e. The van der Waals surface area contributed by atoms with Gasteiger partial charge < -0.3 is 24.8 Å². The Morgan fingerprint density at radius 2 is 0.870 bits per heavy atom. The van der Waals surface area contributed by atoms with Crippen LogP contribution in [-0.4, -0.2) is 59.0 Å². The average Bonchev–Trinajstić information content (AvgIpc) is 2.27. The highest BCUT2D eigenvalue weighted by Gasteiger charge is 1.81. The van der Waals surface area contributed by atoms with E-state index in [1.165, 1.54) is 6.92 Å². The number of rotatable bonds is 3. The standard InChI is InChI=1S/C4H8O2.C4H10O.3C2H4O2/c1-3-6-4(2)5;1-3-5-4-2;3*1-2(3)4/h3H2,1-2H3;3-4H2,1-2H3;3*1H3,(H,3,4). The summed E-state index contributed by atoms with van der Waals surface area (Å²) in [6.07, 6.45) is 0. The summed E-state index contributed by atoms with van der Waals surface area (Å²) in [5.41, 5.74) is 0. The zero-order chi connectivity index (χ0) is 19.8. The Morgan fingerprint density at radius 1 is 0.652 bits per heavy atom. The summed E-state index contributed by atoms with van der Waals surface area (Å²) in [5.74, 6) is -2.71. The molecule has 0 fully saturated rings. The van der Waals surface area contributed by atoms with Gasteiger partial charge in [0.05, 0.1) is 6.61 Å². The third kappa shape index (κ3) is 783. The molecule has 0 spiro atoms. The molecule has 23 heavy (non-hydrogen) atoms. The van der Waals surface area contributed by atoms with Gasteiger partial charge in [0, 0.05) is 40.9 Å². The van der Waals surface area contributed by atoms with E-state index in [0.717, 1.165) is 34.0 Å². The number of aliphatic carboxylic acids is 3. The minimum absolute atomic E-state index is 0.211. The van der Waals surface area contributed by atoms with Crippen LogP contribution in [0.15, 0.2) is 0 Å². The van der Waals surface area contributed by atoms with Crippen LogP contribution in [0.3, 0.4) is 0 Å². The maximum absolute atomic E-state index is 9.82. The summed E-state index contributed by atoms with van der Waals surface area (Å²) in [7, 11) is 0. The first-order valence-electron chi connectivity index (χ1n) is 6.68. The lowest BCUT2D eigenvalue weighted by atomic mass is 10.8. The maximum atomic E-state index is 9.82. The summed E-state index contributed by atoms with van der Waals surface area (Å²) < 4.78 is 9.24. The molecule has 0 aliphatic heterocycles. The molecule has 0 amide bonds. The zero-order valence-corrected chi connectivity index (χ0v) is 14.9. The van der Waals surface area contributed by atoms with Crippen LogP contribution in [-0.2, 0) is 28.7 Å². The molecule has 0 bridgehead atoms. The van der Waals surface area contributed by atoms with Gasteiger partial charge in [0.1, 0.15) is 0 Å². The second kappa shape index (κ2) is 32.0. The van der Waals surface area contributed by atoms with Crippen molar-refractivity contribution in [3.8, 4) is 0 Å². The smallest absolute Gasteiger partial charge is 0.302 e. The van der Waals surface area contributed by atoms with Crippen molar-refractivity contribution in [1.29, 1.82) is 0 Å². The fraction of sp³-hybridized carbons (Fsp3) is 0.714. The van der Waals surface area contributed by atoms with Crippen LogP contribution in [0.25, 0.3) is 0 Å². The first-order chi connectivity index (χ1) is 10.4. The predicted octanol–water partition coefficient (Wildman–Crippen LogP) is 1.88. The predicted molar refractivity (Wildman–Crippen MR) is 84.4 cm³/mol. The Kier molecular flexibility index (Phi) is 45.5. The van der Waals surface area contributed by atoms with Crippen LogP contribution in [0.1, 0.15) is 48.5 Å². The highest BCUT2D eigenvalue weighted by atomic mass is 16.5. The largest absolute Gasteiger partial charge is 0.481 e. The van der Waals surface area contributed by atoms with Crippen molar-refractivity contribution >= 4 is 23.9 Å². The van der Waals surface area contributed by atoms with E-state index in [1.807, 2.05) is 13.8 Å². The molecule has 0 heterocycles. The van der Waals surface area contributed by atoms with Crippen molar-refractivity contribution in [1.82, 2.24) is 0 Å². The second-order valence-corrected chi connectivity index (χ2v) is 3.26. The van der Waals surface area contributed by atoms with Crippen LogP contribution in [0.4, 0.5) is 0 Å². The van der Waals surface area contributed by atoms with Gasteiger partial charge in [0.25, 0.3) is 17.9 Å². The van der Waals surface area contributed by atoms with Crippen LogP contribution < -0.4 is 0 Å². The number of carbonyl (C=O) groups is 4. The molecule has 0 aromatic heterocycles. The topological polar surface area (TPSA) is 147 Å². The molecule has 9 heteroatoms. The second-order valence-electron chi connectivity index (χ2n) is 3.26. The summed E-state index contributed by atoms with van der Waals surface area (Å²) in [6, 6.07) is 0. The van der Waals surface area contributed by atoms with Crippen LogP contribution in [0.2, 0.25) is 0 Å². The van der Waals surface area contributed by atoms with Gasteiger partial charge in [-0.25, -0.2) is 0 Å². The summed E-state index contributed by atoms with van der Waals surface area (Å²) in [6.45, 7) is 12.6. The molecule has 140 valence electrons. The number of hydrogen-bond donors (Lipinski definition) is 3. The van der Waals surface area contributed by atoms with Gasteiger partial charge in [-0.2, -0.15) is 0 Å². The van der Waals surface area contributed by atoms with Gasteiger partial charge in [-0.3, -0.25) is 19.2 Å². The van der Waals surface area contributed by atoms with Gasteiger partial charge in [0.2, 0.25) is 0 Å². The molecule has 0 rings (SSSR count). The molecule has 0 saturated heterocycles. The number of carboxylic acid groups (broad SMARTS) is 3. The normalized spacial score (nSPS) is 7.09. The molecule has 0 aromatic carbocycles. The van der Waals surface area contributed by atoms with Crippen LogP contribution in [0.5, 0.6) is 0 Å². The van der Waals surface area contributed by atoms with Crippen molar-refractivity contribution < 1.29 is 44.0 Å². The lowest BCUT2D eigenvalue weighted by Crippen LogP contribution is -1.95. The molecule has 0 radical (unpaired) electrons. The molecule has 9 nitrogen and oxygen atoms in total. The number of hydrogen-bond acceptors (Lipinski definition) is 6. The van der Waals surface area contributed by atoms with E-state index in [4.69, 9.17) is 34.4 Å². The molecular formula is C14H30O9. The minimum Gasteiger partial charge on any atom is -0.481 e. The summed E-state index contributed by atoms with van der Waals surface area (Å²) in [4.78, 5) is 36.8.